The van der Waals surface area contributed by atoms with Crippen LogP contribution in [0.2, 0.25) is 5.02 Å². The molecule has 0 fully saturated rings. The summed E-state index contributed by atoms with van der Waals surface area (Å²) in [5.74, 6) is 0.433. The second kappa shape index (κ2) is 7.88. The average Bonchev–Trinajstić information content (AvgIpc) is 3.20. The molecule has 2 N–H and O–H groups in total. The molecule has 0 atom stereocenters. The van der Waals surface area contributed by atoms with Gasteiger partial charge in [-0.05, 0) is 50.3 Å². The highest BCUT2D eigenvalue weighted by atomic mass is 35.5. The minimum Gasteiger partial charge on any atom is -0.467 e. The lowest BCUT2D eigenvalue weighted by Crippen LogP contribution is -2.28. The SMILES string of the molecule is Cc1nn(Cc2c(F)cccc2Cl)c(C)c1NC(=S)NCc1ccco1. The summed E-state index contributed by atoms with van der Waals surface area (Å²) in [6.07, 6.45) is 1.61. The van der Waals surface area contributed by atoms with E-state index in [9.17, 15) is 4.39 Å². The van der Waals surface area contributed by atoms with Crippen molar-refractivity contribution in [3.63, 3.8) is 0 Å². The normalized spacial score (nSPS) is 10.8. The zero-order valence-electron chi connectivity index (χ0n) is 14.3. The Morgan fingerprint density at radius 1 is 1.31 bits per heavy atom. The van der Waals surface area contributed by atoms with Crippen molar-refractivity contribution in [1.82, 2.24) is 15.1 Å². The third-order valence-corrected chi connectivity index (χ3v) is 4.59. The van der Waals surface area contributed by atoms with E-state index in [1.807, 2.05) is 26.0 Å². The molecule has 0 saturated carbocycles. The second-order valence-corrected chi connectivity index (χ2v) is 6.61. The number of aromatic nitrogens is 2. The molecule has 0 spiro atoms. The lowest BCUT2D eigenvalue weighted by Gasteiger charge is -2.11. The number of nitrogens with zero attached hydrogens (tertiary/aromatic N) is 2. The average molecular weight is 393 g/mol. The van der Waals surface area contributed by atoms with Gasteiger partial charge < -0.3 is 15.1 Å². The molecular formula is C18H18ClFN4OS. The summed E-state index contributed by atoms with van der Waals surface area (Å²) >= 11 is 11.4. The highest BCUT2D eigenvalue weighted by Crippen LogP contribution is 2.24. The summed E-state index contributed by atoms with van der Waals surface area (Å²) in [4.78, 5) is 0. The Labute approximate surface area is 161 Å². The van der Waals surface area contributed by atoms with Gasteiger partial charge in [0.2, 0.25) is 0 Å². The molecule has 0 aliphatic rings. The standard InChI is InChI=1S/C18H18ClFN4OS/c1-11-17(22-18(26)21-9-13-5-4-8-25-13)12(2)24(23-11)10-14-15(19)6-3-7-16(14)20/h3-8H,9-10H2,1-2H3,(H2,21,22,26). The van der Waals surface area contributed by atoms with Gasteiger partial charge in [-0.25, -0.2) is 4.39 Å². The third kappa shape index (κ3) is 4.05. The summed E-state index contributed by atoms with van der Waals surface area (Å²) in [7, 11) is 0. The molecule has 1 aromatic carbocycles. The van der Waals surface area contributed by atoms with Gasteiger partial charge in [-0.1, -0.05) is 17.7 Å². The van der Waals surface area contributed by atoms with Gasteiger partial charge >= 0.3 is 0 Å². The number of hydrogen-bond donors (Lipinski definition) is 2. The maximum Gasteiger partial charge on any atom is 0.171 e. The Morgan fingerprint density at radius 2 is 2.12 bits per heavy atom. The van der Waals surface area contributed by atoms with E-state index in [-0.39, 0.29) is 12.4 Å². The Kier molecular flexibility index (Phi) is 5.58. The van der Waals surface area contributed by atoms with E-state index in [1.54, 1.807) is 23.1 Å². The van der Waals surface area contributed by atoms with E-state index in [1.165, 1.54) is 6.07 Å². The van der Waals surface area contributed by atoms with E-state index in [2.05, 4.69) is 15.7 Å². The van der Waals surface area contributed by atoms with Crippen molar-refractivity contribution in [1.29, 1.82) is 0 Å². The first-order chi connectivity index (χ1) is 12.5. The fourth-order valence-corrected chi connectivity index (χ4v) is 3.00. The minimum atomic E-state index is -0.352. The molecule has 0 aliphatic carbocycles. The van der Waals surface area contributed by atoms with Gasteiger partial charge in [0.05, 0.1) is 36.4 Å². The fraction of sp³-hybridized carbons (Fsp3) is 0.222. The van der Waals surface area contributed by atoms with Gasteiger partial charge in [-0.15, -0.1) is 0 Å². The molecule has 26 heavy (non-hydrogen) atoms. The molecule has 2 aromatic heterocycles. The molecule has 3 aromatic rings. The van der Waals surface area contributed by atoms with Gasteiger partial charge in [0.1, 0.15) is 11.6 Å². The van der Waals surface area contributed by atoms with E-state index in [4.69, 9.17) is 28.2 Å². The van der Waals surface area contributed by atoms with Crippen LogP contribution in [0.25, 0.3) is 0 Å². The van der Waals surface area contributed by atoms with Crippen LogP contribution in [0, 0.1) is 19.7 Å². The van der Waals surface area contributed by atoms with Crippen LogP contribution in [0.3, 0.4) is 0 Å². The Balaban J connectivity index is 1.72. The van der Waals surface area contributed by atoms with Crippen molar-refractivity contribution in [3.05, 3.63) is 70.1 Å². The van der Waals surface area contributed by atoms with E-state index < -0.39 is 0 Å². The number of thiocarbonyl (C=S) groups is 1. The molecule has 0 unspecified atom stereocenters. The van der Waals surface area contributed by atoms with Crippen LogP contribution in [-0.2, 0) is 13.1 Å². The number of nitrogens with one attached hydrogen (secondary N) is 2. The molecule has 136 valence electrons. The third-order valence-electron chi connectivity index (χ3n) is 3.99. The van der Waals surface area contributed by atoms with Crippen molar-refractivity contribution < 1.29 is 8.81 Å². The Bertz CT molecular complexity index is 903. The highest BCUT2D eigenvalue weighted by molar-refractivity contribution is 7.80. The number of anilines is 1. The van der Waals surface area contributed by atoms with Crippen molar-refractivity contribution in [2.45, 2.75) is 26.9 Å². The van der Waals surface area contributed by atoms with Crippen LogP contribution < -0.4 is 10.6 Å². The maximum atomic E-state index is 14.0. The molecule has 0 radical (unpaired) electrons. The molecule has 0 bridgehead atoms. The molecule has 8 heteroatoms. The van der Waals surface area contributed by atoms with Crippen molar-refractivity contribution in [2.24, 2.45) is 0 Å². The van der Waals surface area contributed by atoms with Crippen LogP contribution in [0.4, 0.5) is 10.1 Å². The number of hydrogen-bond acceptors (Lipinski definition) is 3. The van der Waals surface area contributed by atoms with Gasteiger partial charge in [0, 0.05) is 10.6 Å². The summed E-state index contributed by atoms with van der Waals surface area (Å²) in [6, 6.07) is 8.32. The zero-order chi connectivity index (χ0) is 18.7. The van der Waals surface area contributed by atoms with Gasteiger partial charge in [0.25, 0.3) is 0 Å². The van der Waals surface area contributed by atoms with Crippen LogP contribution in [0.15, 0.2) is 41.0 Å². The first-order valence-corrected chi connectivity index (χ1v) is 8.78. The summed E-state index contributed by atoms with van der Waals surface area (Å²) < 4.78 is 21.0. The summed E-state index contributed by atoms with van der Waals surface area (Å²) in [5, 5.41) is 11.5. The monoisotopic (exact) mass is 392 g/mol. The fourth-order valence-electron chi connectivity index (χ4n) is 2.60. The van der Waals surface area contributed by atoms with E-state index in [0.29, 0.717) is 22.2 Å². The van der Waals surface area contributed by atoms with Crippen molar-refractivity contribution in [2.75, 3.05) is 5.32 Å². The number of benzene rings is 1. The lowest BCUT2D eigenvalue weighted by molar-refractivity contribution is 0.503. The first kappa shape index (κ1) is 18.4. The molecule has 2 heterocycles. The minimum absolute atomic E-state index is 0.243. The second-order valence-electron chi connectivity index (χ2n) is 5.79. The molecule has 0 amide bonds. The van der Waals surface area contributed by atoms with Crippen molar-refractivity contribution in [3.8, 4) is 0 Å². The smallest absolute Gasteiger partial charge is 0.171 e. The molecule has 3 rings (SSSR count). The van der Waals surface area contributed by atoms with E-state index in [0.717, 1.165) is 22.8 Å². The van der Waals surface area contributed by atoms with Gasteiger partial charge in [0.15, 0.2) is 5.11 Å². The first-order valence-electron chi connectivity index (χ1n) is 8.00. The number of furan rings is 1. The van der Waals surface area contributed by atoms with Gasteiger partial charge in [-0.3, -0.25) is 4.68 Å². The van der Waals surface area contributed by atoms with Crippen LogP contribution in [-0.4, -0.2) is 14.9 Å². The highest BCUT2D eigenvalue weighted by Gasteiger charge is 2.15. The summed E-state index contributed by atoms with van der Waals surface area (Å²) in [5.41, 5.74) is 2.79. The summed E-state index contributed by atoms with van der Waals surface area (Å²) in [6.45, 7) is 4.48. The van der Waals surface area contributed by atoms with Crippen LogP contribution in [0.1, 0.15) is 22.7 Å². The Morgan fingerprint density at radius 3 is 2.81 bits per heavy atom. The van der Waals surface area contributed by atoms with Crippen molar-refractivity contribution >= 4 is 34.6 Å². The predicted molar refractivity (Wildman–Crippen MR) is 104 cm³/mol. The lowest BCUT2D eigenvalue weighted by atomic mass is 10.2. The quantitative estimate of drug-likeness (QED) is 0.629. The number of rotatable bonds is 5. The largest absolute Gasteiger partial charge is 0.467 e. The molecule has 5 nitrogen and oxygen atoms in total. The zero-order valence-corrected chi connectivity index (χ0v) is 15.9. The van der Waals surface area contributed by atoms with Gasteiger partial charge in [-0.2, -0.15) is 5.10 Å². The Hall–Kier alpha value is -2.38. The molecule has 0 saturated heterocycles. The van der Waals surface area contributed by atoms with Crippen LogP contribution in [0.5, 0.6) is 0 Å². The van der Waals surface area contributed by atoms with Crippen LogP contribution >= 0.6 is 23.8 Å². The maximum absolute atomic E-state index is 14.0. The topological polar surface area (TPSA) is 55.0 Å². The molecule has 0 aliphatic heterocycles. The number of aryl methyl sites for hydroxylation is 1. The number of halogens is 2. The van der Waals surface area contributed by atoms with E-state index >= 15 is 0 Å². The predicted octanol–water partition coefficient (Wildman–Crippen LogP) is 4.42. The molecular weight excluding hydrogens is 375 g/mol.